The Labute approximate surface area is 195 Å². The number of fused-ring (bicyclic) bond motifs is 3. The Kier molecular flexibility index (Phi) is 5.16. The number of nitriles is 1. The number of nitrogens with zero attached hydrogens (tertiary/aromatic N) is 3. The molecule has 3 heterocycles. The predicted octanol–water partition coefficient (Wildman–Crippen LogP) is 5.75. The van der Waals surface area contributed by atoms with Gasteiger partial charge in [-0.1, -0.05) is 23.7 Å². The lowest BCUT2D eigenvalue weighted by Gasteiger charge is -2.16. The third kappa shape index (κ3) is 3.46. The van der Waals surface area contributed by atoms with Crippen LogP contribution in [0.4, 0.5) is 4.39 Å². The van der Waals surface area contributed by atoms with E-state index < -0.39 is 11.9 Å². The van der Waals surface area contributed by atoms with Crippen LogP contribution in [0.15, 0.2) is 60.3 Å². The van der Waals surface area contributed by atoms with Gasteiger partial charge in [0.05, 0.1) is 22.5 Å². The zero-order valence-corrected chi connectivity index (χ0v) is 18.7. The monoisotopic (exact) mass is 459 g/mol. The highest BCUT2D eigenvalue weighted by molar-refractivity contribution is 6.33. The molecule has 0 radical (unpaired) electrons. The Hall–Kier alpha value is -3.66. The molecule has 0 fully saturated rings. The summed E-state index contributed by atoms with van der Waals surface area (Å²) in [5.41, 5.74) is 5.97. The molecule has 5 rings (SSSR count). The topological polar surface area (TPSA) is 70.5 Å². The van der Waals surface area contributed by atoms with Crippen LogP contribution in [-0.4, -0.2) is 14.5 Å². The second kappa shape index (κ2) is 8.04. The Morgan fingerprint density at radius 3 is 2.82 bits per heavy atom. The molecule has 1 unspecified atom stereocenters. The quantitative estimate of drug-likeness (QED) is 0.387. The highest BCUT2D eigenvalue weighted by Crippen LogP contribution is 2.40. The van der Waals surface area contributed by atoms with Crippen LogP contribution < -0.4 is 4.74 Å². The van der Waals surface area contributed by atoms with Crippen LogP contribution in [0.5, 0.6) is 5.75 Å². The van der Waals surface area contributed by atoms with E-state index in [0.29, 0.717) is 50.1 Å². The fraction of sp³-hybridized carbons (Fsp3) is 0.154. The summed E-state index contributed by atoms with van der Waals surface area (Å²) >= 11 is 6.28. The largest absolute Gasteiger partial charge is 0.488 e. The molecule has 2 aromatic heterocycles. The lowest BCUT2D eigenvalue weighted by molar-refractivity contribution is 0.213. The Morgan fingerprint density at radius 2 is 2.03 bits per heavy atom. The van der Waals surface area contributed by atoms with Crippen molar-refractivity contribution in [2.45, 2.75) is 26.6 Å². The molecule has 0 bridgehead atoms. The molecule has 2 aromatic carbocycles. The number of aromatic nitrogens is 2. The van der Waals surface area contributed by atoms with Gasteiger partial charge >= 0.3 is 0 Å². The van der Waals surface area contributed by atoms with Crippen molar-refractivity contribution in [3.63, 3.8) is 0 Å². The van der Waals surface area contributed by atoms with E-state index >= 15 is 0 Å². The number of halogens is 2. The van der Waals surface area contributed by atoms with E-state index in [-0.39, 0.29) is 6.61 Å². The molecule has 1 aliphatic heterocycles. The third-order valence-corrected chi connectivity index (χ3v) is 6.23. The lowest BCUT2D eigenvalue weighted by atomic mass is 9.89. The van der Waals surface area contributed by atoms with Gasteiger partial charge in [0.2, 0.25) is 0 Å². The number of aryl methyl sites for hydroxylation is 1. The first-order valence-corrected chi connectivity index (χ1v) is 10.7. The van der Waals surface area contributed by atoms with Crippen molar-refractivity contribution in [3.8, 4) is 11.8 Å². The SMILES string of the molecule is C/C(C#N)=C1/c2ccc(C(O)c3c(C)nc4c(Cl)cccn34)cc2COc2cc(F)ccc21. The summed E-state index contributed by atoms with van der Waals surface area (Å²) in [6.07, 6.45) is 0.852. The summed E-state index contributed by atoms with van der Waals surface area (Å²) in [7, 11) is 0. The minimum Gasteiger partial charge on any atom is -0.488 e. The summed E-state index contributed by atoms with van der Waals surface area (Å²) in [6.45, 7) is 3.73. The number of aliphatic hydroxyl groups excluding tert-OH is 1. The minimum atomic E-state index is -0.962. The van der Waals surface area contributed by atoms with E-state index in [2.05, 4.69) is 11.1 Å². The molecule has 0 saturated heterocycles. The van der Waals surface area contributed by atoms with Crippen LogP contribution in [0.2, 0.25) is 5.02 Å². The van der Waals surface area contributed by atoms with Crippen molar-refractivity contribution in [1.29, 1.82) is 5.26 Å². The molecule has 164 valence electrons. The van der Waals surface area contributed by atoms with Crippen molar-refractivity contribution in [1.82, 2.24) is 9.38 Å². The number of imidazole rings is 1. The highest BCUT2D eigenvalue weighted by Gasteiger charge is 2.25. The van der Waals surface area contributed by atoms with E-state index in [0.717, 1.165) is 11.1 Å². The number of benzene rings is 2. The number of ether oxygens (including phenoxy) is 1. The molecule has 0 aliphatic carbocycles. The predicted molar refractivity (Wildman–Crippen MR) is 123 cm³/mol. The van der Waals surface area contributed by atoms with E-state index in [1.54, 1.807) is 29.5 Å². The van der Waals surface area contributed by atoms with Crippen molar-refractivity contribution < 1.29 is 14.2 Å². The molecule has 4 aromatic rings. The van der Waals surface area contributed by atoms with E-state index in [1.165, 1.54) is 12.1 Å². The molecule has 5 nitrogen and oxygen atoms in total. The van der Waals surface area contributed by atoms with Gasteiger partial charge in [0.15, 0.2) is 5.65 Å². The van der Waals surface area contributed by atoms with Crippen LogP contribution in [0.3, 0.4) is 0 Å². The van der Waals surface area contributed by atoms with Gasteiger partial charge in [-0.05, 0) is 60.9 Å². The van der Waals surface area contributed by atoms with Gasteiger partial charge in [-0.2, -0.15) is 5.26 Å². The van der Waals surface area contributed by atoms with Crippen LogP contribution >= 0.6 is 11.6 Å². The molecule has 0 spiro atoms. The van der Waals surface area contributed by atoms with Gasteiger partial charge in [-0.15, -0.1) is 0 Å². The maximum absolute atomic E-state index is 13.9. The third-order valence-electron chi connectivity index (χ3n) is 5.94. The second-order valence-corrected chi connectivity index (χ2v) is 8.40. The Balaban J connectivity index is 1.65. The molecular formula is C26H19ClFN3O2. The van der Waals surface area contributed by atoms with Gasteiger partial charge in [0.25, 0.3) is 0 Å². The van der Waals surface area contributed by atoms with E-state index in [1.807, 2.05) is 31.3 Å². The van der Waals surface area contributed by atoms with Crippen LogP contribution in [0, 0.1) is 24.1 Å². The molecule has 0 saturated carbocycles. The molecule has 1 atom stereocenters. The number of rotatable bonds is 2. The summed E-state index contributed by atoms with van der Waals surface area (Å²) < 4.78 is 21.6. The van der Waals surface area contributed by atoms with Crippen molar-refractivity contribution in [3.05, 3.63) is 105 Å². The number of hydrogen-bond donors (Lipinski definition) is 1. The zero-order chi connectivity index (χ0) is 23.3. The highest BCUT2D eigenvalue weighted by atomic mass is 35.5. The minimum absolute atomic E-state index is 0.173. The molecule has 1 N–H and O–H groups in total. The smallest absolute Gasteiger partial charge is 0.156 e. The summed E-state index contributed by atoms with van der Waals surface area (Å²) in [6, 6.07) is 15.6. The molecule has 0 amide bonds. The summed E-state index contributed by atoms with van der Waals surface area (Å²) in [4.78, 5) is 4.51. The van der Waals surface area contributed by atoms with Crippen molar-refractivity contribution in [2.24, 2.45) is 0 Å². The van der Waals surface area contributed by atoms with Gasteiger partial charge < -0.3 is 9.84 Å². The average Bonchev–Trinajstić information content (AvgIpc) is 3.06. The normalized spacial score (nSPS) is 15.2. The molecule has 33 heavy (non-hydrogen) atoms. The molecule has 1 aliphatic rings. The maximum atomic E-state index is 13.9. The second-order valence-electron chi connectivity index (χ2n) is 7.99. The van der Waals surface area contributed by atoms with Gasteiger partial charge in [-0.3, -0.25) is 4.40 Å². The van der Waals surface area contributed by atoms with Crippen molar-refractivity contribution in [2.75, 3.05) is 0 Å². The molecule has 7 heteroatoms. The molecular weight excluding hydrogens is 441 g/mol. The lowest BCUT2D eigenvalue weighted by Crippen LogP contribution is -2.07. The van der Waals surface area contributed by atoms with Crippen LogP contribution in [0.1, 0.15) is 46.7 Å². The van der Waals surface area contributed by atoms with Crippen molar-refractivity contribution >= 4 is 22.8 Å². The fourth-order valence-corrected chi connectivity index (χ4v) is 4.59. The van der Waals surface area contributed by atoms with Crippen LogP contribution in [-0.2, 0) is 6.61 Å². The van der Waals surface area contributed by atoms with Crippen LogP contribution in [0.25, 0.3) is 11.2 Å². The Morgan fingerprint density at radius 1 is 1.24 bits per heavy atom. The first kappa shape index (κ1) is 21.2. The van der Waals surface area contributed by atoms with Gasteiger partial charge in [0, 0.05) is 29.0 Å². The Bertz CT molecular complexity index is 1500. The van der Waals surface area contributed by atoms with Gasteiger partial charge in [-0.25, -0.2) is 9.37 Å². The summed E-state index contributed by atoms with van der Waals surface area (Å²) in [5, 5.41) is 21.4. The number of allylic oxidation sites excluding steroid dienone is 1. The maximum Gasteiger partial charge on any atom is 0.156 e. The number of pyridine rings is 1. The summed E-state index contributed by atoms with van der Waals surface area (Å²) in [5.74, 6) is -0.0308. The van der Waals surface area contributed by atoms with E-state index in [4.69, 9.17) is 16.3 Å². The first-order valence-electron chi connectivity index (χ1n) is 10.4. The van der Waals surface area contributed by atoms with E-state index in [9.17, 15) is 14.8 Å². The fourth-order valence-electron chi connectivity index (χ4n) is 4.38. The first-order chi connectivity index (χ1) is 15.9. The standard InChI is InChI=1S/C26H19ClFN3O2/c1-14(12-29)23-19-7-5-16(10-17(19)13-33-22-11-18(28)6-8-20(22)23)25(32)24-15(2)30-26-21(27)4-3-9-31(24)26/h3-11,25,32H,13H2,1-2H3/b23-14+. The van der Waals surface area contributed by atoms with Gasteiger partial charge in [0.1, 0.15) is 24.3 Å². The number of aliphatic hydroxyl groups is 1. The number of hydrogen-bond acceptors (Lipinski definition) is 4. The zero-order valence-electron chi connectivity index (χ0n) is 17.9. The average molecular weight is 460 g/mol.